The van der Waals surface area contributed by atoms with Crippen LogP contribution in [0.15, 0.2) is 22.6 Å². The number of hydrogen-bond acceptors (Lipinski definition) is 9. The number of carbonyl (C=O) groups excluding carboxylic acids is 3. The Morgan fingerprint density at radius 3 is 2.67 bits per heavy atom. The van der Waals surface area contributed by atoms with Crippen molar-refractivity contribution in [3.8, 4) is 0 Å². The third-order valence-corrected chi connectivity index (χ3v) is 6.00. The molecule has 0 radical (unpaired) electrons. The number of carbonyl (C=O) groups is 3. The van der Waals surface area contributed by atoms with E-state index in [1.165, 1.54) is 22.7 Å². The number of rotatable bonds is 8. The summed E-state index contributed by atoms with van der Waals surface area (Å²) in [7, 11) is 0. The number of fused-ring (bicyclic) bond motifs is 1. The molecule has 1 fully saturated rings. The second-order valence-electron chi connectivity index (χ2n) is 5.00. The predicted octanol–water partition coefficient (Wildman–Crippen LogP) is 2.42. The molecule has 2 atom stereocenters. The van der Waals surface area contributed by atoms with Crippen molar-refractivity contribution in [2.45, 2.75) is 15.3 Å². The Morgan fingerprint density at radius 1 is 1.37 bits per heavy atom. The molecule has 1 N–H and O–H groups in total. The monoisotopic (exact) mass is 477 g/mol. The molecule has 0 spiro atoms. The largest absolute Gasteiger partial charge is 0.509 e. The van der Waals surface area contributed by atoms with E-state index < -0.39 is 39.9 Å². The Kier molecular flexibility index (Phi) is 8.02. The molecule has 1 amide bonds. The standard InChI is InChI=1S/C14H14Cl3NO7S2/c1-2-4-23-11(21)7-12(26-5-3-19)27-10-8(9(20)18(7)10)25-13(22)24-6-14(15,16)17/h2,8,10,19H,1,3-6H2/t8-,10+/m0/s1. The lowest BCUT2D eigenvalue weighted by atomic mass is 10.1. The fourth-order valence-electron chi connectivity index (χ4n) is 2.07. The van der Waals surface area contributed by atoms with Crippen LogP contribution in [0.3, 0.4) is 0 Å². The maximum absolute atomic E-state index is 12.4. The molecule has 0 aliphatic carbocycles. The lowest BCUT2D eigenvalue weighted by Crippen LogP contribution is -2.62. The molecule has 0 aromatic carbocycles. The summed E-state index contributed by atoms with van der Waals surface area (Å²) in [5, 5.41) is 8.36. The van der Waals surface area contributed by atoms with E-state index in [4.69, 9.17) is 49.4 Å². The average Bonchev–Trinajstić information content (AvgIpc) is 2.95. The summed E-state index contributed by atoms with van der Waals surface area (Å²) in [6.07, 6.45) is -0.942. The molecular formula is C14H14Cl3NO7S2. The average molecular weight is 479 g/mol. The third-order valence-electron chi connectivity index (χ3n) is 3.08. The van der Waals surface area contributed by atoms with E-state index in [9.17, 15) is 14.4 Å². The van der Waals surface area contributed by atoms with Gasteiger partial charge in [0.25, 0.3) is 5.91 Å². The minimum atomic E-state index is -1.81. The van der Waals surface area contributed by atoms with Crippen LogP contribution in [0.1, 0.15) is 0 Å². The first kappa shape index (κ1) is 22.5. The van der Waals surface area contributed by atoms with E-state index >= 15 is 0 Å². The van der Waals surface area contributed by atoms with Gasteiger partial charge in [0.2, 0.25) is 9.90 Å². The number of halogens is 3. The van der Waals surface area contributed by atoms with Crippen LogP contribution in [0, 0.1) is 0 Å². The lowest BCUT2D eigenvalue weighted by Gasteiger charge is -2.40. The zero-order valence-corrected chi connectivity index (χ0v) is 17.5. The zero-order chi connectivity index (χ0) is 20.2. The highest BCUT2D eigenvalue weighted by atomic mass is 35.6. The molecule has 0 unspecified atom stereocenters. The van der Waals surface area contributed by atoms with Crippen molar-refractivity contribution in [2.24, 2.45) is 0 Å². The molecule has 2 aliphatic heterocycles. The van der Waals surface area contributed by atoms with Gasteiger partial charge in [-0.2, -0.15) is 0 Å². The fraction of sp³-hybridized carbons (Fsp3) is 0.500. The smallest absolute Gasteiger partial charge is 0.457 e. The summed E-state index contributed by atoms with van der Waals surface area (Å²) < 4.78 is 13.3. The number of alkyl halides is 3. The summed E-state index contributed by atoms with van der Waals surface area (Å²) in [6.45, 7) is 2.76. The van der Waals surface area contributed by atoms with Gasteiger partial charge >= 0.3 is 12.1 Å². The summed E-state index contributed by atoms with van der Waals surface area (Å²) in [5.41, 5.74) is 0.0461. The van der Waals surface area contributed by atoms with Crippen molar-refractivity contribution in [3.05, 3.63) is 22.6 Å². The molecule has 0 aromatic rings. The van der Waals surface area contributed by atoms with Gasteiger partial charge in [0, 0.05) is 5.75 Å². The van der Waals surface area contributed by atoms with Gasteiger partial charge in [0.15, 0.2) is 5.70 Å². The third kappa shape index (κ3) is 5.61. The molecule has 0 bridgehead atoms. The van der Waals surface area contributed by atoms with Crippen LogP contribution in [0.4, 0.5) is 4.79 Å². The Hall–Kier alpha value is -0.780. The molecule has 0 saturated carbocycles. The number of β-lactam (4-membered cyclic amide) rings is 1. The minimum Gasteiger partial charge on any atom is -0.457 e. The number of ether oxygens (including phenoxy) is 3. The minimum absolute atomic E-state index is 0.0269. The Morgan fingerprint density at radius 2 is 2.07 bits per heavy atom. The van der Waals surface area contributed by atoms with Crippen LogP contribution in [0.25, 0.3) is 0 Å². The van der Waals surface area contributed by atoms with Crippen LogP contribution in [0.2, 0.25) is 0 Å². The molecule has 1 saturated heterocycles. The van der Waals surface area contributed by atoms with Gasteiger partial charge < -0.3 is 19.3 Å². The van der Waals surface area contributed by atoms with Gasteiger partial charge in [-0.15, -0.1) is 11.8 Å². The quantitative estimate of drug-likeness (QED) is 0.244. The second-order valence-corrected chi connectivity index (χ2v) is 10.0. The highest BCUT2D eigenvalue weighted by Gasteiger charge is 2.59. The summed E-state index contributed by atoms with van der Waals surface area (Å²) in [5.74, 6) is -1.01. The molecule has 27 heavy (non-hydrogen) atoms. The second kappa shape index (κ2) is 9.62. The number of amides is 1. The molecule has 13 heteroatoms. The highest BCUT2D eigenvalue weighted by molar-refractivity contribution is 8.22. The normalized spacial score (nSPS) is 21.5. The maximum atomic E-state index is 12.4. The SMILES string of the molecule is C=CCOC(=O)C1=C(SCCO)S[C@@H]2[C@@H](OC(=O)OCC(Cl)(Cl)Cl)C(=O)N12. The summed E-state index contributed by atoms with van der Waals surface area (Å²) in [6, 6.07) is 0. The van der Waals surface area contributed by atoms with Gasteiger partial charge in [-0.05, 0) is 0 Å². The Bertz CT molecular complexity index is 668. The van der Waals surface area contributed by atoms with Crippen molar-refractivity contribution >= 4 is 76.4 Å². The summed E-state index contributed by atoms with van der Waals surface area (Å²) in [4.78, 5) is 37.5. The van der Waals surface area contributed by atoms with E-state index in [1.807, 2.05) is 0 Å². The van der Waals surface area contributed by atoms with Gasteiger partial charge in [-0.1, -0.05) is 59.2 Å². The number of hydrogen-bond donors (Lipinski definition) is 1. The molecule has 0 aromatic heterocycles. The first-order valence-corrected chi connectivity index (χ1v) is 10.4. The molecule has 2 heterocycles. The fourth-order valence-corrected chi connectivity index (χ4v) is 4.77. The lowest BCUT2D eigenvalue weighted by molar-refractivity contribution is -0.161. The zero-order valence-electron chi connectivity index (χ0n) is 13.6. The first-order chi connectivity index (χ1) is 12.7. The van der Waals surface area contributed by atoms with Crippen molar-refractivity contribution in [3.63, 3.8) is 0 Å². The van der Waals surface area contributed by atoms with Gasteiger partial charge in [0.05, 0.1) is 10.8 Å². The highest BCUT2D eigenvalue weighted by Crippen LogP contribution is 2.51. The van der Waals surface area contributed by atoms with E-state index in [-0.39, 0.29) is 18.9 Å². The van der Waals surface area contributed by atoms with Crippen molar-refractivity contribution in [1.29, 1.82) is 0 Å². The number of esters is 1. The maximum Gasteiger partial charge on any atom is 0.509 e. The molecular weight excluding hydrogens is 465 g/mol. The van der Waals surface area contributed by atoms with E-state index in [0.29, 0.717) is 9.99 Å². The van der Waals surface area contributed by atoms with Crippen molar-refractivity contribution in [2.75, 3.05) is 25.6 Å². The topological polar surface area (TPSA) is 102 Å². The van der Waals surface area contributed by atoms with Crippen molar-refractivity contribution < 1.29 is 33.7 Å². The molecule has 2 rings (SSSR count). The van der Waals surface area contributed by atoms with E-state index in [1.54, 1.807) is 0 Å². The molecule has 2 aliphatic rings. The van der Waals surface area contributed by atoms with Gasteiger partial charge in [-0.3, -0.25) is 9.69 Å². The summed E-state index contributed by atoms with van der Waals surface area (Å²) >= 11 is 18.8. The first-order valence-electron chi connectivity index (χ1n) is 7.35. The van der Waals surface area contributed by atoms with Crippen LogP contribution in [0.5, 0.6) is 0 Å². The van der Waals surface area contributed by atoms with Crippen LogP contribution in [-0.2, 0) is 23.8 Å². The van der Waals surface area contributed by atoms with Crippen molar-refractivity contribution in [1.82, 2.24) is 4.90 Å². The Labute approximate surface area is 178 Å². The van der Waals surface area contributed by atoms with Crippen LogP contribution >= 0.6 is 58.3 Å². The molecule has 150 valence electrons. The van der Waals surface area contributed by atoms with Gasteiger partial charge in [0.1, 0.15) is 18.6 Å². The number of aliphatic hydroxyl groups excluding tert-OH is 1. The number of aliphatic hydroxyl groups is 1. The van der Waals surface area contributed by atoms with E-state index in [2.05, 4.69) is 11.3 Å². The van der Waals surface area contributed by atoms with Crippen LogP contribution in [-0.4, -0.2) is 68.9 Å². The number of nitrogens with zero attached hydrogens (tertiary/aromatic N) is 1. The Balaban J connectivity index is 2.04. The predicted molar refractivity (Wildman–Crippen MR) is 102 cm³/mol. The van der Waals surface area contributed by atoms with Gasteiger partial charge in [-0.25, -0.2) is 9.59 Å². The molecule has 8 nitrogen and oxygen atoms in total. The van der Waals surface area contributed by atoms with Crippen LogP contribution < -0.4 is 0 Å². The van der Waals surface area contributed by atoms with E-state index in [0.717, 1.165) is 11.8 Å². The number of thioether (sulfide) groups is 2.